The number of aromatic amines is 1. The summed E-state index contributed by atoms with van der Waals surface area (Å²) in [5.41, 5.74) is 0. The standard InChI is InChI=1S/C11H16F3N3O/c12-11(13,14)7-18-6-9-15-10(17-16-9)8-4-2-1-3-5-8/h8H,1-7H2,(H,15,16,17). The summed E-state index contributed by atoms with van der Waals surface area (Å²) < 4.78 is 40.2. The van der Waals surface area contributed by atoms with Crippen molar-refractivity contribution in [1.82, 2.24) is 15.2 Å². The van der Waals surface area contributed by atoms with Gasteiger partial charge in [-0.25, -0.2) is 4.98 Å². The minimum Gasteiger partial charge on any atom is -0.364 e. The van der Waals surface area contributed by atoms with Crippen molar-refractivity contribution in [3.63, 3.8) is 0 Å². The van der Waals surface area contributed by atoms with E-state index in [0.717, 1.165) is 12.8 Å². The highest BCUT2D eigenvalue weighted by atomic mass is 19.4. The van der Waals surface area contributed by atoms with Crippen LogP contribution >= 0.6 is 0 Å². The summed E-state index contributed by atoms with van der Waals surface area (Å²) >= 11 is 0. The van der Waals surface area contributed by atoms with Gasteiger partial charge < -0.3 is 4.74 Å². The van der Waals surface area contributed by atoms with Gasteiger partial charge in [0, 0.05) is 5.92 Å². The first-order valence-electron chi connectivity index (χ1n) is 6.10. The van der Waals surface area contributed by atoms with Crippen LogP contribution in [0.1, 0.15) is 49.7 Å². The number of nitrogens with one attached hydrogen (secondary N) is 1. The van der Waals surface area contributed by atoms with Crippen molar-refractivity contribution in [3.8, 4) is 0 Å². The van der Waals surface area contributed by atoms with Gasteiger partial charge in [0.1, 0.15) is 13.2 Å². The van der Waals surface area contributed by atoms with Crippen molar-refractivity contribution in [3.05, 3.63) is 11.6 Å². The highest BCUT2D eigenvalue weighted by Crippen LogP contribution is 2.30. The zero-order valence-corrected chi connectivity index (χ0v) is 9.96. The highest BCUT2D eigenvalue weighted by molar-refractivity contribution is 4.98. The minimum absolute atomic E-state index is 0.181. The summed E-state index contributed by atoms with van der Waals surface area (Å²) in [5.74, 6) is 1.41. The number of rotatable bonds is 4. The number of aromatic nitrogens is 3. The maximum Gasteiger partial charge on any atom is 0.411 e. The second-order valence-electron chi connectivity index (χ2n) is 4.58. The fraction of sp³-hybridized carbons (Fsp3) is 0.818. The van der Waals surface area contributed by atoms with Gasteiger partial charge in [-0.15, -0.1) is 0 Å². The molecule has 1 saturated carbocycles. The molecule has 0 spiro atoms. The first-order chi connectivity index (χ1) is 8.54. The lowest BCUT2D eigenvalue weighted by molar-refractivity contribution is -0.177. The molecule has 18 heavy (non-hydrogen) atoms. The molecule has 0 aliphatic heterocycles. The molecule has 1 aliphatic carbocycles. The van der Waals surface area contributed by atoms with E-state index in [2.05, 4.69) is 19.9 Å². The predicted octanol–water partition coefficient (Wildman–Crippen LogP) is 2.93. The van der Waals surface area contributed by atoms with Crippen molar-refractivity contribution in [2.75, 3.05) is 6.61 Å². The SMILES string of the molecule is FC(F)(F)COCc1nc(C2CCCCC2)n[nH]1. The molecule has 4 nitrogen and oxygen atoms in total. The fourth-order valence-electron chi connectivity index (χ4n) is 2.18. The Morgan fingerprint density at radius 3 is 2.61 bits per heavy atom. The van der Waals surface area contributed by atoms with Gasteiger partial charge in [0.15, 0.2) is 11.6 Å². The number of H-pyrrole nitrogens is 1. The topological polar surface area (TPSA) is 50.8 Å². The number of hydrogen-bond acceptors (Lipinski definition) is 3. The van der Waals surface area contributed by atoms with Gasteiger partial charge in [-0.2, -0.15) is 18.3 Å². The van der Waals surface area contributed by atoms with E-state index in [1.165, 1.54) is 19.3 Å². The second-order valence-corrected chi connectivity index (χ2v) is 4.58. The number of nitrogens with zero attached hydrogens (tertiary/aromatic N) is 2. The maximum atomic E-state index is 11.9. The third kappa shape index (κ3) is 3.97. The summed E-state index contributed by atoms with van der Waals surface area (Å²) in [5, 5.41) is 6.69. The first-order valence-corrected chi connectivity index (χ1v) is 6.10. The summed E-state index contributed by atoms with van der Waals surface area (Å²) in [6.45, 7) is -1.44. The van der Waals surface area contributed by atoms with E-state index < -0.39 is 12.8 Å². The third-order valence-corrected chi connectivity index (χ3v) is 3.02. The molecule has 7 heteroatoms. The number of alkyl halides is 3. The molecule has 0 atom stereocenters. The number of hydrogen-bond donors (Lipinski definition) is 1. The highest BCUT2D eigenvalue weighted by Gasteiger charge is 2.27. The first kappa shape index (κ1) is 13.3. The van der Waals surface area contributed by atoms with E-state index in [9.17, 15) is 13.2 Å². The molecule has 1 N–H and O–H groups in total. The molecule has 1 heterocycles. The van der Waals surface area contributed by atoms with Gasteiger partial charge in [-0.05, 0) is 12.8 Å². The third-order valence-electron chi connectivity index (χ3n) is 3.02. The Hall–Kier alpha value is -1.11. The molecule has 0 saturated heterocycles. The van der Waals surface area contributed by atoms with E-state index in [0.29, 0.717) is 17.6 Å². The lowest BCUT2D eigenvalue weighted by Crippen LogP contribution is -2.17. The van der Waals surface area contributed by atoms with Gasteiger partial charge >= 0.3 is 6.18 Å². The van der Waals surface area contributed by atoms with Crippen LogP contribution in [0.3, 0.4) is 0 Å². The number of ether oxygens (including phenoxy) is 1. The van der Waals surface area contributed by atoms with Crippen molar-refractivity contribution < 1.29 is 17.9 Å². The monoisotopic (exact) mass is 263 g/mol. The Labute approximate surface area is 103 Å². The Morgan fingerprint density at radius 2 is 1.94 bits per heavy atom. The normalized spacial score (nSPS) is 18.2. The molecule has 0 amide bonds. The summed E-state index contributed by atoms with van der Waals surface area (Å²) in [6, 6.07) is 0. The van der Waals surface area contributed by atoms with Gasteiger partial charge in [0.2, 0.25) is 0 Å². The average molecular weight is 263 g/mol. The van der Waals surface area contributed by atoms with Crippen LogP contribution < -0.4 is 0 Å². The zero-order valence-electron chi connectivity index (χ0n) is 9.96. The molecule has 1 fully saturated rings. The van der Waals surface area contributed by atoms with Crippen LogP contribution in [0.25, 0.3) is 0 Å². The van der Waals surface area contributed by atoms with Crippen LogP contribution in [0.15, 0.2) is 0 Å². The van der Waals surface area contributed by atoms with E-state index in [1.807, 2.05) is 0 Å². The summed E-state index contributed by atoms with van der Waals surface area (Å²) in [6.07, 6.45) is 1.38. The quantitative estimate of drug-likeness (QED) is 0.908. The molecule has 1 aliphatic rings. The van der Waals surface area contributed by atoms with E-state index in [1.54, 1.807) is 0 Å². The summed E-state index contributed by atoms with van der Waals surface area (Å²) in [7, 11) is 0. The van der Waals surface area contributed by atoms with Gasteiger partial charge in [-0.1, -0.05) is 19.3 Å². The lowest BCUT2D eigenvalue weighted by Gasteiger charge is -2.17. The Morgan fingerprint density at radius 1 is 1.22 bits per heavy atom. The van der Waals surface area contributed by atoms with Gasteiger partial charge in [0.05, 0.1) is 0 Å². The summed E-state index contributed by atoms with van der Waals surface area (Å²) in [4.78, 5) is 4.19. The molecule has 1 aromatic rings. The van der Waals surface area contributed by atoms with Crippen LogP contribution in [-0.2, 0) is 11.3 Å². The van der Waals surface area contributed by atoms with Crippen molar-refractivity contribution in [2.45, 2.75) is 50.8 Å². The fourth-order valence-corrected chi connectivity index (χ4v) is 2.18. The largest absolute Gasteiger partial charge is 0.411 e. The van der Waals surface area contributed by atoms with Crippen LogP contribution in [0.4, 0.5) is 13.2 Å². The van der Waals surface area contributed by atoms with Crippen molar-refractivity contribution >= 4 is 0 Å². The Bertz CT molecular complexity index is 372. The molecule has 2 rings (SSSR count). The minimum atomic E-state index is -4.30. The van der Waals surface area contributed by atoms with Crippen LogP contribution in [0.5, 0.6) is 0 Å². The van der Waals surface area contributed by atoms with E-state index >= 15 is 0 Å². The second kappa shape index (κ2) is 5.69. The lowest BCUT2D eigenvalue weighted by atomic mass is 9.89. The molecule has 1 aromatic heterocycles. The van der Waals surface area contributed by atoms with E-state index in [-0.39, 0.29) is 6.61 Å². The predicted molar refractivity (Wildman–Crippen MR) is 57.9 cm³/mol. The number of halogens is 3. The van der Waals surface area contributed by atoms with Crippen LogP contribution in [0, 0.1) is 0 Å². The van der Waals surface area contributed by atoms with Gasteiger partial charge in [0.25, 0.3) is 0 Å². The van der Waals surface area contributed by atoms with Gasteiger partial charge in [-0.3, -0.25) is 5.10 Å². The Kier molecular flexibility index (Phi) is 4.21. The van der Waals surface area contributed by atoms with Crippen LogP contribution in [0.2, 0.25) is 0 Å². The van der Waals surface area contributed by atoms with Crippen LogP contribution in [-0.4, -0.2) is 28.0 Å². The van der Waals surface area contributed by atoms with Crippen molar-refractivity contribution in [2.24, 2.45) is 0 Å². The molecule has 0 bridgehead atoms. The maximum absolute atomic E-state index is 11.9. The van der Waals surface area contributed by atoms with E-state index in [4.69, 9.17) is 0 Å². The smallest absolute Gasteiger partial charge is 0.364 e. The molecular weight excluding hydrogens is 247 g/mol. The Balaban J connectivity index is 1.82. The molecule has 0 aromatic carbocycles. The average Bonchev–Trinajstić information content (AvgIpc) is 2.77. The molecule has 0 radical (unpaired) electrons. The molecule has 102 valence electrons. The van der Waals surface area contributed by atoms with Crippen molar-refractivity contribution in [1.29, 1.82) is 0 Å². The molecule has 0 unspecified atom stereocenters. The zero-order chi connectivity index (χ0) is 13.0. The molecular formula is C11H16F3N3O.